The number of hydrogen-bond acceptors (Lipinski definition) is 4. The summed E-state index contributed by atoms with van der Waals surface area (Å²) in [5, 5.41) is 0. The average Bonchev–Trinajstić information content (AvgIpc) is 2.66. The largest absolute Gasteiger partial charge is 0.461 e. The number of rotatable bonds is 2. The van der Waals surface area contributed by atoms with Crippen LogP contribution in [0.15, 0.2) is 34.9 Å². The molecule has 0 saturated carbocycles. The number of allylic oxidation sites excluding steroid dienone is 5. The molecule has 0 N–H and O–H groups in total. The van der Waals surface area contributed by atoms with Crippen molar-refractivity contribution in [2.45, 2.75) is 13.3 Å². The fourth-order valence-corrected chi connectivity index (χ4v) is 1.73. The first-order valence-electron chi connectivity index (χ1n) is 4.90. The molecule has 4 heteroatoms. The van der Waals surface area contributed by atoms with Gasteiger partial charge >= 0.3 is 5.97 Å². The van der Waals surface area contributed by atoms with Crippen molar-refractivity contribution in [1.29, 1.82) is 0 Å². The molecule has 0 bridgehead atoms. The first-order valence-corrected chi connectivity index (χ1v) is 4.90. The van der Waals surface area contributed by atoms with Crippen molar-refractivity contribution in [3.05, 3.63) is 34.9 Å². The lowest BCUT2D eigenvalue weighted by Crippen LogP contribution is -2.10. The minimum absolute atomic E-state index is 0.135. The van der Waals surface area contributed by atoms with Crippen LogP contribution < -0.4 is 0 Å². The van der Waals surface area contributed by atoms with Gasteiger partial charge in [-0.3, -0.25) is 14.4 Å². The number of carbonyl (C=O) groups excluding carboxylic acids is 3. The van der Waals surface area contributed by atoms with E-state index in [-0.39, 0.29) is 24.1 Å². The van der Waals surface area contributed by atoms with E-state index in [1.165, 1.54) is 19.1 Å². The molecular formula is C12H10O4. The molecule has 2 rings (SSSR count). The molecule has 0 unspecified atom stereocenters. The van der Waals surface area contributed by atoms with Crippen LogP contribution in [0.3, 0.4) is 0 Å². The topological polar surface area (TPSA) is 60.4 Å². The van der Waals surface area contributed by atoms with Gasteiger partial charge in [0, 0.05) is 24.5 Å². The van der Waals surface area contributed by atoms with Crippen LogP contribution in [0.25, 0.3) is 0 Å². The zero-order valence-electron chi connectivity index (χ0n) is 8.78. The minimum atomic E-state index is -0.374. The molecule has 0 aromatic carbocycles. The molecular weight excluding hydrogens is 208 g/mol. The monoisotopic (exact) mass is 218 g/mol. The Bertz CT molecular complexity index is 477. The summed E-state index contributed by atoms with van der Waals surface area (Å²) >= 11 is 0. The Morgan fingerprint density at radius 1 is 1.31 bits per heavy atom. The Balaban J connectivity index is 2.12. The van der Waals surface area contributed by atoms with Crippen molar-refractivity contribution < 1.29 is 19.1 Å². The van der Waals surface area contributed by atoms with Crippen molar-refractivity contribution in [1.82, 2.24) is 0 Å². The van der Waals surface area contributed by atoms with Crippen LogP contribution in [0.1, 0.15) is 13.3 Å². The summed E-state index contributed by atoms with van der Waals surface area (Å²) in [5.41, 5.74) is 1.73. The maximum absolute atomic E-state index is 11.5. The van der Waals surface area contributed by atoms with Gasteiger partial charge in [0.15, 0.2) is 11.6 Å². The van der Waals surface area contributed by atoms with Crippen molar-refractivity contribution in [2.24, 2.45) is 0 Å². The third-order valence-electron chi connectivity index (χ3n) is 2.49. The highest BCUT2D eigenvalue weighted by Gasteiger charge is 2.27. The normalized spacial score (nSPS) is 18.7. The van der Waals surface area contributed by atoms with Crippen molar-refractivity contribution in [3.8, 4) is 0 Å². The van der Waals surface area contributed by atoms with E-state index in [4.69, 9.17) is 4.74 Å². The maximum atomic E-state index is 11.5. The van der Waals surface area contributed by atoms with Gasteiger partial charge in [0.2, 0.25) is 0 Å². The molecule has 4 nitrogen and oxygen atoms in total. The van der Waals surface area contributed by atoms with E-state index in [1.807, 2.05) is 0 Å². The summed E-state index contributed by atoms with van der Waals surface area (Å²) in [5.74, 6) is -0.669. The SMILES string of the molecule is CC(=O)OCC1=CC2=C(C1)C(=O)C=CC2=O. The average molecular weight is 218 g/mol. The summed E-state index contributed by atoms with van der Waals surface area (Å²) in [6, 6.07) is 0. The second kappa shape index (κ2) is 3.89. The number of hydrogen-bond donors (Lipinski definition) is 0. The highest BCUT2D eigenvalue weighted by Crippen LogP contribution is 2.29. The van der Waals surface area contributed by atoms with Gasteiger partial charge in [-0.2, -0.15) is 0 Å². The lowest BCUT2D eigenvalue weighted by Gasteiger charge is -2.05. The van der Waals surface area contributed by atoms with Gasteiger partial charge in [-0.05, 0) is 23.8 Å². The molecule has 82 valence electrons. The summed E-state index contributed by atoms with van der Waals surface area (Å²) < 4.78 is 4.83. The van der Waals surface area contributed by atoms with Crippen LogP contribution >= 0.6 is 0 Å². The molecule has 0 saturated heterocycles. The van der Waals surface area contributed by atoms with Gasteiger partial charge in [-0.15, -0.1) is 0 Å². The predicted molar refractivity (Wildman–Crippen MR) is 55.5 cm³/mol. The standard InChI is InChI=1S/C12H10O4/c1-7(13)16-6-8-4-9-10(5-8)12(15)3-2-11(9)14/h2-4H,5-6H2,1H3. The molecule has 0 radical (unpaired) electrons. The third kappa shape index (κ3) is 1.86. The first-order chi connectivity index (χ1) is 7.58. The Hall–Kier alpha value is -1.97. The van der Waals surface area contributed by atoms with E-state index in [1.54, 1.807) is 6.08 Å². The van der Waals surface area contributed by atoms with Gasteiger partial charge in [0.05, 0.1) is 0 Å². The molecule has 16 heavy (non-hydrogen) atoms. The lowest BCUT2D eigenvalue weighted by atomic mass is 9.97. The van der Waals surface area contributed by atoms with Crippen LogP contribution in [-0.2, 0) is 19.1 Å². The summed E-state index contributed by atoms with van der Waals surface area (Å²) in [7, 11) is 0. The molecule has 0 amide bonds. The van der Waals surface area contributed by atoms with Crippen LogP contribution in [0, 0.1) is 0 Å². The number of ketones is 2. The van der Waals surface area contributed by atoms with Gasteiger partial charge in [-0.1, -0.05) is 0 Å². The van der Waals surface area contributed by atoms with E-state index in [9.17, 15) is 14.4 Å². The molecule has 0 fully saturated rings. The van der Waals surface area contributed by atoms with E-state index >= 15 is 0 Å². The molecule has 2 aliphatic carbocycles. The van der Waals surface area contributed by atoms with E-state index < -0.39 is 0 Å². The fourth-order valence-electron chi connectivity index (χ4n) is 1.73. The molecule has 0 aliphatic heterocycles. The van der Waals surface area contributed by atoms with Gasteiger partial charge in [0.1, 0.15) is 6.61 Å². The Labute approximate surface area is 92.3 Å². The number of ether oxygens (including phenoxy) is 1. The van der Waals surface area contributed by atoms with Gasteiger partial charge < -0.3 is 4.74 Å². The smallest absolute Gasteiger partial charge is 0.302 e. The molecule has 0 aromatic rings. The minimum Gasteiger partial charge on any atom is -0.461 e. The maximum Gasteiger partial charge on any atom is 0.302 e. The molecule has 0 atom stereocenters. The lowest BCUT2D eigenvalue weighted by molar-refractivity contribution is -0.140. The molecule has 0 spiro atoms. The molecule has 0 heterocycles. The highest BCUT2D eigenvalue weighted by molar-refractivity contribution is 6.22. The third-order valence-corrected chi connectivity index (χ3v) is 2.49. The highest BCUT2D eigenvalue weighted by atomic mass is 16.5. The second-order valence-corrected chi connectivity index (χ2v) is 3.71. The van der Waals surface area contributed by atoms with Crippen LogP contribution in [0.4, 0.5) is 0 Å². The zero-order valence-corrected chi connectivity index (χ0v) is 8.78. The molecule has 2 aliphatic rings. The fraction of sp³-hybridized carbons (Fsp3) is 0.250. The number of carbonyl (C=O) groups is 3. The predicted octanol–water partition coefficient (Wildman–Crippen LogP) is 0.884. The Kier molecular flexibility index (Phi) is 2.56. The first kappa shape index (κ1) is 10.5. The van der Waals surface area contributed by atoms with Crippen LogP contribution in [0.5, 0.6) is 0 Å². The van der Waals surface area contributed by atoms with Crippen LogP contribution in [0.2, 0.25) is 0 Å². The van der Waals surface area contributed by atoms with E-state index in [0.29, 0.717) is 17.6 Å². The van der Waals surface area contributed by atoms with E-state index in [2.05, 4.69) is 0 Å². The Morgan fingerprint density at radius 3 is 2.62 bits per heavy atom. The zero-order chi connectivity index (χ0) is 11.7. The summed E-state index contributed by atoms with van der Waals surface area (Å²) in [4.78, 5) is 33.6. The van der Waals surface area contributed by atoms with Crippen molar-refractivity contribution in [2.75, 3.05) is 6.61 Å². The van der Waals surface area contributed by atoms with Crippen molar-refractivity contribution in [3.63, 3.8) is 0 Å². The second-order valence-electron chi connectivity index (χ2n) is 3.71. The quantitative estimate of drug-likeness (QED) is 0.510. The summed E-state index contributed by atoms with van der Waals surface area (Å²) in [6.07, 6.45) is 4.59. The van der Waals surface area contributed by atoms with Crippen molar-refractivity contribution >= 4 is 17.5 Å². The van der Waals surface area contributed by atoms with E-state index in [0.717, 1.165) is 5.57 Å². The Morgan fingerprint density at radius 2 is 2.00 bits per heavy atom. The number of esters is 1. The van der Waals surface area contributed by atoms with Gasteiger partial charge in [0.25, 0.3) is 0 Å². The molecule has 0 aromatic heterocycles. The summed E-state index contributed by atoms with van der Waals surface area (Å²) in [6.45, 7) is 1.46. The van der Waals surface area contributed by atoms with Crippen LogP contribution in [-0.4, -0.2) is 24.1 Å². The van der Waals surface area contributed by atoms with Gasteiger partial charge in [-0.25, -0.2) is 0 Å².